The minimum atomic E-state index is -0.540. The zero-order valence-corrected chi connectivity index (χ0v) is 17.2. The summed E-state index contributed by atoms with van der Waals surface area (Å²) < 4.78 is 15.8. The zero-order valence-electron chi connectivity index (χ0n) is 16.4. The molecule has 1 saturated heterocycles. The van der Waals surface area contributed by atoms with Crippen LogP contribution in [0.2, 0.25) is 0 Å². The van der Waals surface area contributed by atoms with E-state index in [1.807, 2.05) is 18.5 Å². The van der Waals surface area contributed by atoms with Gasteiger partial charge in [-0.05, 0) is 12.5 Å². The van der Waals surface area contributed by atoms with Crippen LogP contribution in [0.25, 0.3) is 22.3 Å². The average Bonchev–Trinajstić information content (AvgIpc) is 3.59. The number of nitrogens with one attached hydrogen (secondary N) is 1. The number of alkyl halides is 1. The predicted molar refractivity (Wildman–Crippen MR) is 114 cm³/mol. The highest BCUT2D eigenvalue weighted by atomic mass is 32.1. The molecular weight excluding hydrogens is 415 g/mol. The summed E-state index contributed by atoms with van der Waals surface area (Å²) in [7, 11) is 0. The van der Waals surface area contributed by atoms with E-state index < -0.39 is 12.7 Å². The molecule has 1 aliphatic heterocycles. The Kier molecular flexibility index (Phi) is 4.85. The Morgan fingerprint density at radius 3 is 3.03 bits per heavy atom. The van der Waals surface area contributed by atoms with Crippen molar-refractivity contribution in [3.8, 4) is 23.4 Å². The van der Waals surface area contributed by atoms with E-state index in [1.54, 1.807) is 16.3 Å². The summed E-state index contributed by atoms with van der Waals surface area (Å²) in [5, 5.41) is 26.5. The van der Waals surface area contributed by atoms with Crippen molar-refractivity contribution in [2.24, 2.45) is 5.92 Å². The molecule has 2 atom stereocenters. The first-order chi connectivity index (χ1) is 15.2. The summed E-state index contributed by atoms with van der Waals surface area (Å²) in [4.78, 5) is 13.7. The van der Waals surface area contributed by atoms with Gasteiger partial charge >= 0.3 is 0 Å². The van der Waals surface area contributed by atoms with Crippen LogP contribution in [0.3, 0.4) is 0 Å². The lowest BCUT2D eigenvalue weighted by atomic mass is 10.0. The van der Waals surface area contributed by atoms with Crippen LogP contribution in [0.1, 0.15) is 23.6 Å². The predicted octanol–water partition coefficient (Wildman–Crippen LogP) is 3.66. The lowest BCUT2D eigenvalue weighted by Crippen LogP contribution is -2.26. The lowest BCUT2D eigenvalue weighted by molar-refractivity contribution is 0.257. The van der Waals surface area contributed by atoms with Crippen molar-refractivity contribution in [2.45, 2.75) is 12.5 Å². The molecule has 0 bridgehead atoms. The number of aromatic nitrogens is 5. The molecule has 4 aromatic rings. The first kappa shape index (κ1) is 19.2. The second-order valence-electron chi connectivity index (χ2n) is 7.44. The van der Waals surface area contributed by atoms with Crippen LogP contribution >= 0.6 is 11.3 Å². The van der Waals surface area contributed by atoms with Crippen molar-refractivity contribution in [2.75, 3.05) is 24.7 Å². The Morgan fingerprint density at radius 2 is 2.23 bits per heavy atom. The van der Waals surface area contributed by atoms with Crippen LogP contribution in [0.4, 0.5) is 9.39 Å². The third-order valence-corrected chi connectivity index (χ3v) is 6.83. The molecule has 1 N–H and O–H groups in total. The Morgan fingerprint density at radius 1 is 1.32 bits per heavy atom. The number of fused-ring (bicyclic) bond motifs is 1. The van der Waals surface area contributed by atoms with Gasteiger partial charge in [0.25, 0.3) is 0 Å². The fourth-order valence-electron chi connectivity index (χ4n) is 4.21. The number of aromatic amines is 1. The fraction of sp³-hybridized carbons (Fsp3) is 0.286. The van der Waals surface area contributed by atoms with Gasteiger partial charge in [-0.25, -0.2) is 14.4 Å². The minimum absolute atomic E-state index is 0.0367. The maximum Gasteiger partial charge on any atom is 0.141 e. The summed E-state index contributed by atoms with van der Waals surface area (Å²) in [6.07, 6.45) is 7.63. The number of halogens is 1. The first-order valence-electron chi connectivity index (χ1n) is 9.78. The molecular formula is C21H17FN8S. The molecule has 1 unspecified atom stereocenters. The van der Waals surface area contributed by atoms with Crippen LogP contribution in [0, 0.1) is 28.6 Å². The van der Waals surface area contributed by atoms with Gasteiger partial charge in [-0.1, -0.05) is 0 Å². The van der Waals surface area contributed by atoms with Gasteiger partial charge in [0, 0.05) is 47.7 Å². The molecule has 5 rings (SSSR count). The van der Waals surface area contributed by atoms with Crippen LogP contribution in [-0.4, -0.2) is 44.5 Å². The van der Waals surface area contributed by atoms with Crippen molar-refractivity contribution < 1.29 is 4.39 Å². The van der Waals surface area contributed by atoms with Gasteiger partial charge in [0.1, 0.15) is 41.4 Å². The second kappa shape index (κ2) is 7.82. The van der Waals surface area contributed by atoms with Crippen LogP contribution < -0.4 is 4.90 Å². The molecule has 0 saturated carbocycles. The number of rotatable bonds is 5. The minimum Gasteiger partial charge on any atom is -0.362 e. The van der Waals surface area contributed by atoms with E-state index in [9.17, 15) is 14.9 Å². The van der Waals surface area contributed by atoms with Gasteiger partial charge < -0.3 is 9.88 Å². The number of nitriles is 2. The van der Waals surface area contributed by atoms with Gasteiger partial charge in [0.15, 0.2) is 0 Å². The third kappa shape index (κ3) is 3.22. The maximum absolute atomic E-state index is 14.1. The van der Waals surface area contributed by atoms with E-state index in [2.05, 4.69) is 37.1 Å². The summed E-state index contributed by atoms with van der Waals surface area (Å²) in [5.74, 6) is 0.0367. The number of hydrogen-bond acceptors (Lipinski definition) is 7. The third-order valence-electron chi connectivity index (χ3n) is 5.79. The van der Waals surface area contributed by atoms with Crippen molar-refractivity contribution >= 4 is 27.4 Å². The quantitative estimate of drug-likeness (QED) is 0.515. The van der Waals surface area contributed by atoms with Crippen molar-refractivity contribution in [3.63, 3.8) is 0 Å². The van der Waals surface area contributed by atoms with E-state index in [-0.39, 0.29) is 5.92 Å². The normalized spacial score (nSPS) is 17.0. The van der Waals surface area contributed by atoms with Gasteiger partial charge in [-0.2, -0.15) is 15.6 Å². The van der Waals surface area contributed by atoms with Gasteiger partial charge in [-0.15, -0.1) is 11.3 Å². The molecule has 4 aromatic heterocycles. The molecule has 0 amide bonds. The summed E-state index contributed by atoms with van der Waals surface area (Å²) in [6.45, 7) is 0.784. The van der Waals surface area contributed by atoms with Gasteiger partial charge in [0.05, 0.1) is 23.5 Å². The Hall–Kier alpha value is -3.76. The monoisotopic (exact) mass is 432 g/mol. The summed E-state index contributed by atoms with van der Waals surface area (Å²) in [5.41, 5.74) is 3.11. The number of hydrogen-bond donors (Lipinski definition) is 1. The molecule has 154 valence electrons. The molecule has 0 spiro atoms. The lowest BCUT2D eigenvalue weighted by Gasteiger charge is -2.22. The standard InChI is InChI=1S/C21H17FN8S/c22-5-18(13-2-4-29(9-13)21-17(7-24)14(6-23)11-31-21)30-10-15(8-28-30)19-16-1-3-25-20(16)27-12-26-19/h1,3,8,10-13,18H,2,4-5,9H2,(H,25,26,27)/t13?,18-/m0/s1. The first-order valence-corrected chi connectivity index (χ1v) is 10.7. The summed E-state index contributed by atoms with van der Waals surface area (Å²) in [6, 6.07) is 5.70. The number of thiophene rings is 1. The molecule has 1 aliphatic rings. The maximum atomic E-state index is 14.1. The number of nitrogens with zero attached hydrogens (tertiary/aromatic N) is 7. The van der Waals surface area contributed by atoms with Crippen molar-refractivity contribution in [1.82, 2.24) is 24.7 Å². The number of H-pyrrole nitrogens is 1. The van der Waals surface area contributed by atoms with Gasteiger partial charge in [-0.3, -0.25) is 4.68 Å². The fourth-order valence-corrected chi connectivity index (χ4v) is 5.20. The number of anilines is 1. The van der Waals surface area contributed by atoms with E-state index in [4.69, 9.17) is 0 Å². The SMILES string of the molecule is N#Cc1csc(N2CCC([C@H](CF)n3cc(-c4ncnc5[nH]ccc45)cn3)C2)c1C#N. The Bertz CT molecular complexity index is 1320. The van der Waals surface area contributed by atoms with E-state index in [1.165, 1.54) is 17.7 Å². The van der Waals surface area contributed by atoms with Crippen LogP contribution in [-0.2, 0) is 0 Å². The smallest absolute Gasteiger partial charge is 0.141 e. The van der Waals surface area contributed by atoms with E-state index in [0.717, 1.165) is 33.7 Å². The summed E-state index contributed by atoms with van der Waals surface area (Å²) >= 11 is 1.39. The highest BCUT2D eigenvalue weighted by Gasteiger charge is 2.33. The van der Waals surface area contributed by atoms with E-state index in [0.29, 0.717) is 24.2 Å². The zero-order chi connectivity index (χ0) is 21.4. The molecule has 10 heteroatoms. The van der Waals surface area contributed by atoms with E-state index >= 15 is 0 Å². The molecule has 5 heterocycles. The topological polar surface area (TPSA) is 110 Å². The largest absolute Gasteiger partial charge is 0.362 e. The molecule has 0 aromatic carbocycles. The molecule has 0 radical (unpaired) electrons. The van der Waals surface area contributed by atoms with Gasteiger partial charge in [0.2, 0.25) is 0 Å². The highest BCUT2D eigenvalue weighted by Crippen LogP contribution is 2.37. The molecule has 0 aliphatic carbocycles. The molecule has 8 nitrogen and oxygen atoms in total. The van der Waals surface area contributed by atoms with Crippen molar-refractivity contribution in [3.05, 3.63) is 47.5 Å². The molecule has 31 heavy (non-hydrogen) atoms. The van der Waals surface area contributed by atoms with Crippen LogP contribution in [0.5, 0.6) is 0 Å². The highest BCUT2D eigenvalue weighted by molar-refractivity contribution is 7.14. The second-order valence-corrected chi connectivity index (χ2v) is 8.30. The van der Waals surface area contributed by atoms with Crippen LogP contribution in [0.15, 0.2) is 36.4 Å². The molecule has 1 fully saturated rings. The Labute approximate surface area is 181 Å². The Balaban J connectivity index is 1.39. The average molecular weight is 432 g/mol. The van der Waals surface area contributed by atoms with Crippen molar-refractivity contribution in [1.29, 1.82) is 10.5 Å².